The average Bonchev–Trinajstić information content (AvgIpc) is 3.01. The first kappa shape index (κ1) is 45.1. The Balaban J connectivity index is 6.26. The third kappa shape index (κ3) is 18.0. The molecule has 0 aliphatic carbocycles. The number of unbranched alkanes of at least 4 members (excludes halogenated alkanes) is 2. The van der Waals surface area contributed by atoms with Crippen LogP contribution in [0.3, 0.4) is 0 Å². The summed E-state index contributed by atoms with van der Waals surface area (Å²) < 4.78 is 0. The molecular weight excluding hydrogens is 666 g/mol. The van der Waals surface area contributed by atoms with Crippen molar-refractivity contribution >= 4 is 53.4 Å². The second-order valence-corrected chi connectivity index (χ2v) is 11.8. The molecule has 0 aromatic rings. The van der Waals surface area contributed by atoms with Crippen molar-refractivity contribution in [1.29, 1.82) is 0 Å². The van der Waals surface area contributed by atoms with E-state index in [1.807, 2.05) is 5.32 Å². The van der Waals surface area contributed by atoms with Gasteiger partial charge in [0.1, 0.15) is 30.2 Å². The van der Waals surface area contributed by atoms with E-state index in [0.29, 0.717) is 19.3 Å². The lowest BCUT2D eigenvalue weighted by atomic mass is 10.0. The van der Waals surface area contributed by atoms with Gasteiger partial charge in [-0.15, -0.1) is 0 Å². The highest BCUT2D eigenvalue weighted by atomic mass is 16.4. The molecule has 0 radical (unpaired) electrons. The van der Waals surface area contributed by atoms with Crippen LogP contribution in [0.1, 0.15) is 71.6 Å². The molecule has 0 heterocycles. The van der Waals surface area contributed by atoms with E-state index in [2.05, 4.69) is 21.3 Å². The fourth-order valence-corrected chi connectivity index (χ4v) is 4.35. The molecule has 50 heavy (non-hydrogen) atoms. The predicted octanol–water partition coefficient (Wildman–Crippen LogP) is -4.44. The number of nitrogens with one attached hydrogen (secondary N) is 5. The third-order valence-corrected chi connectivity index (χ3v) is 7.22. The van der Waals surface area contributed by atoms with Gasteiger partial charge in [0.2, 0.25) is 35.4 Å². The van der Waals surface area contributed by atoms with Crippen molar-refractivity contribution in [1.82, 2.24) is 26.6 Å². The molecule has 21 heteroatoms. The van der Waals surface area contributed by atoms with E-state index in [-0.39, 0.29) is 38.3 Å². The summed E-state index contributed by atoms with van der Waals surface area (Å²) in [5.74, 6) is -11.2. The zero-order chi connectivity index (χ0) is 38.6. The van der Waals surface area contributed by atoms with E-state index in [0.717, 1.165) is 0 Å². The summed E-state index contributed by atoms with van der Waals surface area (Å²) in [6.45, 7) is 3.72. The minimum absolute atomic E-state index is 0.0361. The van der Waals surface area contributed by atoms with Gasteiger partial charge in [-0.25, -0.2) is 4.79 Å². The van der Waals surface area contributed by atoms with Gasteiger partial charge < -0.3 is 64.8 Å². The highest BCUT2D eigenvalue weighted by Crippen LogP contribution is 2.08. The smallest absolute Gasteiger partial charge is 0.326 e. The quantitative estimate of drug-likeness (QED) is 0.0376. The minimum Gasteiger partial charge on any atom is -0.481 e. The zero-order valence-corrected chi connectivity index (χ0v) is 28.1. The van der Waals surface area contributed by atoms with E-state index in [1.165, 1.54) is 0 Å². The van der Waals surface area contributed by atoms with E-state index in [9.17, 15) is 58.5 Å². The van der Waals surface area contributed by atoms with Crippen molar-refractivity contribution in [2.24, 2.45) is 28.9 Å². The van der Waals surface area contributed by atoms with Gasteiger partial charge in [0.25, 0.3) is 0 Å². The highest BCUT2D eigenvalue weighted by molar-refractivity contribution is 5.98. The van der Waals surface area contributed by atoms with Crippen LogP contribution in [0.25, 0.3) is 0 Å². The Morgan fingerprint density at radius 1 is 0.520 bits per heavy atom. The van der Waals surface area contributed by atoms with Crippen LogP contribution >= 0.6 is 0 Å². The molecule has 6 atom stereocenters. The first-order chi connectivity index (χ1) is 23.3. The summed E-state index contributed by atoms with van der Waals surface area (Å²) >= 11 is 0. The lowest BCUT2D eigenvalue weighted by Gasteiger charge is -2.27. The summed E-state index contributed by atoms with van der Waals surface area (Å²) in [5.41, 5.74) is 22.0. The molecule has 0 aromatic heterocycles. The number of carbonyl (C=O) groups is 9. The van der Waals surface area contributed by atoms with Crippen LogP contribution in [-0.2, 0) is 43.2 Å². The van der Waals surface area contributed by atoms with Crippen LogP contribution < -0.4 is 49.5 Å². The maximum atomic E-state index is 13.5. The molecule has 0 saturated carbocycles. The Hall–Kier alpha value is -4.89. The van der Waals surface area contributed by atoms with Crippen molar-refractivity contribution in [3.05, 3.63) is 0 Å². The van der Waals surface area contributed by atoms with Crippen molar-refractivity contribution < 1.29 is 58.5 Å². The summed E-state index contributed by atoms with van der Waals surface area (Å²) in [4.78, 5) is 111. The van der Waals surface area contributed by atoms with Gasteiger partial charge in [0.05, 0.1) is 25.3 Å². The number of carboxylic acid groups (broad SMARTS) is 3. The van der Waals surface area contributed by atoms with E-state index in [4.69, 9.17) is 22.9 Å². The predicted molar refractivity (Wildman–Crippen MR) is 174 cm³/mol. The van der Waals surface area contributed by atoms with Gasteiger partial charge in [0, 0.05) is 0 Å². The summed E-state index contributed by atoms with van der Waals surface area (Å²) in [7, 11) is 0. The van der Waals surface area contributed by atoms with Gasteiger partial charge >= 0.3 is 17.9 Å². The Morgan fingerprint density at radius 2 is 0.860 bits per heavy atom. The summed E-state index contributed by atoms with van der Waals surface area (Å²) in [6, 6.07) is -9.21. The Bertz CT molecular complexity index is 1220. The average molecular weight is 718 g/mol. The molecule has 0 rings (SSSR count). The number of hydrogen-bond donors (Lipinski definition) is 12. The molecule has 21 nitrogen and oxygen atoms in total. The van der Waals surface area contributed by atoms with Crippen LogP contribution in [0.4, 0.5) is 0 Å². The number of rotatable bonds is 26. The second kappa shape index (κ2) is 23.5. The molecule has 6 unspecified atom stereocenters. The first-order valence-electron chi connectivity index (χ1n) is 16.0. The maximum absolute atomic E-state index is 13.5. The Labute approximate surface area is 288 Å². The molecule has 0 aliphatic rings. The number of hydrogen-bond acceptors (Lipinski definition) is 12. The summed E-state index contributed by atoms with van der Waals surface area (Å²) in [5, 5.41) is 39.2. The van der Waals surface area contributed by atoms with Gasteiger partial charge in [-0.1, -0.05) is 13.8 Å². The van der Waals surface area contributed by atoms with E-state index in [1.54, 1.807) is 13.8 Å². The van der Waals surface area contributed by atoms with Crippen molar-refractivity contribution in [2.45, 2.75) is 108 Å². The SMILES string of the molecule is CC(C)C(N)C(=O)NC(CC(=O)O)C(=O)NC(CCCCN)C(=O)NC(CCCCN)C(=O)NC(CC(=O)O)C(=O)NC(CC(N)=O)C(=O)O. The molecule has 0 aromatic carbocycles. The van der Waals surface area contributed by atoms with Crippen molar-refractivity contribution in [2.75, 3.05) is 13.1 Å². The highest BCUT2D eigenvalue weighted by Gasteiger charge is 2.34. The maximum Gasteiger partial charge on any atom is 0.326 e. The van der Waals surface area contributed by atoms with Crippen molar-refractivity contribution in [3.8, 4) is 0 Å². The lowest BCUT2D eigenvalue weighted by Crippen LogP contribution is -2.59. The molecule has 0 bridgehead atoms. The topological polar surface area (TPSA) is 379 Å². The van der Waals surface area contributed by atoms with Gasteiger partial charge in [-0.2, -0.15) is 0 Å². The number of nitrogens with two attached hydrogens (primary N) is 4. The number of carboxylic acids is 3. The Kier molecular flexibility index (Phi) is 21.2. The van der Waals surface area contributed by atoms with Crippen LogP contribution in [0.2, 0.25) is 0 Å². The standard InChI is InChI=1S/C29H51N9O12/c1-14(2)23(33)28(48)37-18(13-22(42)43)26(46)35-15(7-3-5-9-30)24(44)34-16(8-4-6-10-31)25(45)36-17(12-21(40)41)27(47)38-19(29(49)50)11-20(32)39/h14-19,23H,3-13,30-31,33H2,1-2H3,(H2,32,39)(H,34,44)(H,35,46)(H,36,45)(H,37,48)(H,38,47)(H,40,41)(H,42,43)(H,49,50). The second-order valence-electron chi connectivity index (χ2n) is 11.8. The molecule has 0 aliphatic heterocycles. The largest absolute Gasteiger partial charge is 0.481 e. The van der Waals surface area contributed by atoms with Crippen LogP contribution in [-0.4, -0.2) is 118 Å². The molecule has 0 saturated heterocycles. The molecule has 0 fully saturated rings. The van der Waals surface area contributed by atoms with Crippen LogP contribution in [0, 0.1) is 5.92 Å². The van der Waals surface area contributed by atoms with Crippen molar-refractivity contribution in [3.63, 3.8) is 0 Å². The zero-order valence-electron chi connectivity index (χ0n) is 28.1. The molecule has 284 valence electrons. The number of primary amides is 1. The number of amides is 6. The molecule has 6 amide bonds. The van der Waals surface area contributed by atoms with Gasteiger partial charge in [-0.3, -0.25) is 38.4 Å². The van der Waals surface area contributed by atoms with Gasteiger partial charge in [-0.05, 0) is 57.5 Å². The molecular formula is C29H51N9O12. The minimum atomic E-state index is -1.86. The fraction of sp³-hybridized carbons (Fsp3) is 0.690. The third-order valence-electron chi connectivity index (χ3n) is 7.22. The van der Waals surface area contributed by atoms with E-state index >= 15 is 0 Å². The molecule has 0 spiro atoms. The first-order valence-corrected chi connectivity index (χ1v) is 16.0. The van der Waals surface area contributed by atoms with Crippen LogP contribution in [0.15, 0.2) is 0 Å². The number of aliphatic carboxylic acids is 3. The van der Waals surface area contributed by atoms with Crippen LogP contribution in [0.5, 0.6) is 0 Å². The van der Waals surface area contributed by atoms with E-state index < -0.39 is 109 Å². The fourth-order valence-electron chi connectivity index (χ4n) is 4.35. The molecule has 16 N–H and O–H groups in total. The lowest BCUT2D eigenvalue weighted by molar-refractivity contribution is -0.145. The van der Waals surface area contributed by atoms with Gasteiger partial charge in [0.15, 0.2) is 0 Å². The monoisotopic (exact) mass is 717 g/mol. The Morgan fingerprint density at radius 3 is 1.18 bits per heavy atom. The normalized spacial score (nSPS) is 14.5. The summed E-state index contributed by atoms with van der Waals surface area (Å²) in [6.07, 6.45) is -1.45. The number of carbonyl (C=O) groups excluding carboxylic acids is 6.